The van der Waals surface area contributed by atoms with Gasteiger partial charge in [0.05, 0.1) is 29.5 Å². The molecule has 0 aliphatic carbocycles. The zero-order valence-corrected chi connectivity index (χ0v) is 21.9. The predicted octanol–water partition coefficient (Wildman–Crippen LogP) is 7.01. The Morgan fingerprint density at radius 1 is 1.25 bits per heavy atom. The number of nitrogens with one attached hydrogen (secondary N) is 1. The number of amides is 1. The number of aliphatic carboxylic acids is 1. The van der Waals surface area contributed by atoms with E-state index >= 15 is 0 Å². The van der Waals surface area contributed by atoms with Crippen LogP contribution >= 0.6 is 34.5 Å². The number of methoxy groups -OCH3 is 1. The van der Waals surface area contributed by atoms with Crippen LogP contribution in [0.3, 0.4) is 0 Å². The fraction of sp³-hybridized carbons (Fsp3) is 0.240. The minimum absolute atomic E-state index is 0.0552. The Hall–Kier alpha value is -3.14. The molecule has 1 heterocycles. The van der Waals surface area contributed by atoms with E-state index < -0.39 is 17.7 Å². The zero-order chi connectivity index (χ0) is 26.4. The second kappa shape index (κ2) is 12.2. The van der Waals surface area contributed by atoms with Gasteiger partial charge in [-0.15, -0.1) is 11.3 Å². The summed E-state index contributed by atoms with van der Waals surface area (Å²) in [5.41, 5.74) is 0.916. The standard InChI is InChI=1S/C25H23Cl2FN2O5S/c1-13(2)7-8-35-20-6-4-5-15(22(20)28)19-12-36-25(29-19)30-23(31)14-9-17(26)16(18(27)10-14)11-21(34-3)24(32)33/h4-6,9-13H,7-8H2,1-3H3,(H,32,33)(H,29,30,31). The van der Waals surface area contributed by atoms with Crippen molar-refractivity contribution in [3.8, 4) is 17.0 Å². The number of anilines is 1. The van der Waals surface area contributed by atoms with Crippen molar-refractivity contribution < 1.29 is 28.6 Å². The number of carboxylic acids is 1. The summed E-state index contributed by atoms with van der Waals surface area (Å²) in [6, 6.07) is 7.51. The van der Waals surface area contributed by atoms with Crippen molar-refractivity contribution in [2.24, 2.45) is 5.92 Å². The van der Waals surface area contributed by atoms with Gasteiger partial charge < -0.3 is 14.6 Å². The molecule has 0 fully saturated rings. The highest BCUT2D eigenvalue weighted by Crippen LogP contribution is 2.33. The molecule has 36 heavy (non-hydrogen) atoms. The molecule has 0 aliphatic heterocycles. The lowest BCUT2D eigenvalue weighted by atomic mass is 10.1. The summed E-state index contributed by atoms with van der Waals surface area (Å²) in [7, 11) is 1.20. The van der Waals surface area contributed by atoms with Gasteiger partial charge in [0, 0.05) is 22.1 Å². The van der Waals surface area contributed by atoms with E-state index in [1.807, 2.05) is 0 Å². The molecular weight excluding hydrogens is 530 g/mol. The smallest absolute Gasteiger partial charge is 0.371 e. The molecule has 0 unspecified atom stereocenters. The molecule has 0 spiro atoms. The number of hydrogen-bond acceptors (Lipinski definition) is 6. The van der Waals surface area contributed by atoms with Crippen LogP contribution in [0, 0.1) is 11.7 Å². The highest BCUT2D eigenvalue weighted by atomic mass is 35.5. The molecule has 0 saturated carbocycles. The summed E-state index contributed by atoms with van der Waals surface area (Å²) >= 11 is 13.6. The summed E-state index contributed by atoms with van der Waals surface area (Å²) in [5.74, 6) is -2.16. The summed E-state index contributed by atoms with van der Waals surface area (Å²) in [6.07, 6.45) is 1.96. The monoisotopic (exact) mass is 552 g/mol. The SMILES string of the molecule is COC(=Cc1c(Cl)cc(C(=O)Nc2nc(-c3cccc(OCCC(C)C)c3F)cs2)cc1Cl)C(=O)O. The van der Waals surface area contributed by atoms with Crippen LogP contribution in [0.15, 0.2) is 41.5 Å². The Morgan fingerprint density at radius 2 is 1.94 bits per heavy atom. The van der Waals surface area contributed by atoms with Crippen molar-refractivity contribution in [1.29, 1.82) is 0 Å². The third kappa shape index (κ3) is 6.75. The molecule has 3 aromatic rings. The summed E-state index contributed by atoms with van der Waals surface area (Å²) in [6.45, 7) is 4.52. The lowest BCUT2D eigenvalue weighted by Gasteiger charge is -2.10. The number of rotatable bonds is 10. The van der Waals surface area contributed by atoms with Crippen LogP contribution in [0.5, 0.6) is 5.75 Å². The van der Waals surface area contributed by atoms with E-state index in [0.717, 1.165) is 23.8 Å². The molecule has 0 aliphatic rings. The molecule has 3 rings (SSSR count). The van der Waals surface area contributed by atoms with Crippen molar-refractivity contribution in [3.63, 3.8) is 0 Å². The minimum atomic E-state index is -1.30. The van der Waals surface area contributed by atoms with Gasteiger partial charge in [0.25, 0.3) is 5.91 Å². The Kier molecular flexibility index (Phi) is 9.31. The maximum absolute atomic E-state index is 15.0. The molecular formula is C25H23Cl2FN2O5S. The first-order valence-electron chi connectivity index (χ1n) is 10.8. The number of carboxylic acid groups (broad SMARTS) is 1. The van der Waals surface area contributed by atoms with Crippen LogP contribution in [0.25, 0.3) is 17.3 Å². The van der Waals surface area contributed by atoms with Crippen molar-refractivity contribution in [3.05, 3.63) is 68.5 Å². The molecule has 0 atom stereocenters. The van der Waals surface area contributed by atoms with Gasteiger partial charge in [0.15, 0.2) is 16.7 Å². The maximum Gasteiger partial charge on any atom is 0.371 e. The van der Waals surface area contributed by atoms with Crippen molar-refractivity contribution in [2.45, 2.75) is 20.3 Å². The number of benzene rings is 2. The Bertz CT molecular complexity index is 1290. The van der Waals surface area contributed by atoms with Gasteiger partial charge in [-0.25, -0.2) is 14.2 Å². The predicted molar refractivity (Wildman–Crippen MR) is 139 cm³/mol. The number of carbonyl (C=O) groups excluding carboxylic acids is 1. The van der Waals surface area contributed by atoms with Crippen LogP contribution in [-0.2, 0) is 9.53 Å². The van der Waals surface area contributed by atoms with Crippen LogP contribution in [0.2, 0.25) is 10.0 Å². The van der Waals surface area contributed by atoms with Gasteiger partial charge in [0.2, 0.25) is 5.76 Å². The molecule has 7 nitrogen and oxygen atoms in total. The van der Waals surface area contributed by atoms with Gasteiger partial charge in [-0.2, -0.15) is 0 Å². The zero-order valence-electron chi connectivity index (χ0n) is 19.6. The highest BCUT2D eigenvalue weighted by molar-refractivity contribution is 7.14. The number of hydrogen-bond donors (Lipinski definition) is 2. The average Bonchev–Trinajstić information content (AvgIpc) is 3.27. The molecule has 2 aromatic carbocycles. The van der Waals surface area contributed by atoms with Gasteiger partial charge >= 0.3 is 5.97 Å². The first kappa shape index (κ1) is 27.4. The molecule has 1 aromatic heterocycles. The second-order valence-electron chi connectivity index (χ2n) is 8.01. The van der Waals surface area contributed by atoms with Gasteiger partial charge in [-0.05, 0) is 42.7 Å². The minimum Gasteiger partial charge on any atom is -0.490 e. The fourth-order valence-corrected chi connectivity index (χ4v) is 4.34. The maximum atomic E-state index is 15.0. The number of carbonyl (C=O) groups is 2. The summed E-state index contributed by atoms with van der Waals surface area (Å²) < 4.78 is 25.4. The van der Waals surface area contributed by atoms with E-state index in [1.54, 1.807) is 23.6 Å². The lowest BCUT2D eigenvalue weighted by molar-refractivity contribution is -0.135. The van der Waals surface area contributed by atoms with E-state index in [1.165, 1.54) is 19.2 Å². The van der Waals surface area contributed by atoms with Crippen molar-refractivity contribution in [1.82, 2.24) is 4.98 Å². The number of ether oxygens (including phenoxy) is 2. The van der Waals surface area contributed by atoms with E-state index in [4.69, 9.17) is 37.8 Å². The van der Waals surface area contributed by atoms with Crippen LogP contribution < -0.4 is 10.1 Å². The molecule has 1 amide bonds. The number of nitrogens with zero attached hydrogens (tertiary/aromatic N) is 1. The Balaban J connectivity index is 1.78. The van der Waals surface area contributed by atoms with Gasteiger partial charge in [-0.1, -0.05) is 43.1 Å². The van der Waals surface area contributed by atoms with E-state index in [2.05, 4.69) is 24.1 Å². The summed E-state index contributed by atoms with van der Waals surface area (Å²) in [5, 5.41) is 13.7. The first-order valence-corrected chi connectivity index (χ1v) is 12.4. The first-order chi connectivity index (χ1) is 17.1. The Labute approximate surface area is 221 Å². The number of thiazole rings is 1. The Morgan fingerprint density at radius 3 is 2.56 bits per heavy atom. The molecule has 2 N–H and O–H groups in total. The van der Waals surface area contributed by atoms with E-state index in [9.17, 15) is 14.0 Å². The van der Waals surface area contributed by atoms with Crippen molar-refractivity contribution >= 4 is 57.6 Å². The second-order valence-corrected chi connectivity index (χ2v) is 9.68. The number of aromatic nitrogens is 1. The molecule has 0 bridgehead atoms. The summed E-state index contributed by atoms with van der Waals surface area (Å²) in [4.78, 5) is 28.3. The molecule has 11 heteroatoms. The van der Waals surface area contributed by atoms with Crippen LogP contribution in [-0.4, -0.2) is 35.7 Å². The normalized spacial score (nSPS) is 11.5. The van der Waals surface area contributed by atoms with Crippen LogP contribution in [0.1, 0.15) is 36.2 Å². The topological polar surface area (TPSA) is 97.8 Å². The number of halogens is 3. The average molecular weight is 553 g/mol. The largest absolute Gasteiger partial charge is 0.490 e. The quantitative estimate of drug-likeness (QED) is 0.207. The molecule has 0 saturated heterocycles. The lowest BCUT2D eigenvalue weighted by Crippen LogP contribution is -2.12. The van der Waals surface area contributed by atoms with Crippen molar-refractivity contribution in [2.75, 3.05) is 19.0 Å². The molecule has 190 valence electrons. The van der Waals surface area contributed by atoms with E-state index in [0.29, 0.717) is 18.2 Å². The third-order valence-corrected chi connectivity index (χ3v) is 6.35. The highest BCUT2D eigenvalue weighted by Gasteiger charge is 2.18. The molecule has 0 radical (unpaired) electrons. The van der Waals surface area contributed by atoms with E-state index in [-0.39, 0.29) is 43.4 Å². The van der Waals surface area contributed by atoms with Crippen LogP contribution in [0.4, 0.5) is 9.52 Å². The third-order valence-electron chi connectivity index (χ3n) is 4.96. The van der Waals surface area contributed by atoms with Gasteiger partial charge in [0.1, 0.15) is 0 Å². The fourth-order valence-electron chi connectivity index (χ4n) is 3.04. The van der Waals surface area contributed by atoms with Gasteiger partial charge in [-0.3, -0.25) is 10.1 Å².